The van der Waals surface area contributed by atoms with Crippen LogP contribution in [0.15, 0.2) is 52.8 Å². The van der Waals surface area contributed by atoms with Gasteiger partial charge < -0.3 is 9.47 Å². The molecule has 1 saturated heterocycles. The molecule has 2 aromatic carbocycles. The molecule has 0 saturated carbocycles. The first-order chi connectivity index (χ1) is 13.0. The fourth-order valence-corrected chi connectivity index (χ4v) is 3.14. The predicted molar refractivity (Wildman–Crippen MR) is 93.4 cm³/mol. The van der Waals surface area contributed by atoms with E-state index in [0.29, 0.717) is 22.9 Å². The Hall–Kier alpha value is -3.49. The van der Waals surface area contributed by atoms with E-state index in [-0.39, 0.29) is 0 Å². The van der Waals surface area contributed by atoms with Crippen molar-refractivity contribution in [3.05, 3.63) is 48.3 Å². The SMILES string of the molecule is COc1cc(OC)cc(N2N=N[C@H]3C(=O)N(c4ccc(F)cc4)C(=O)[C@@H]32)c1. The zero-order valence-corrected chi connectivity index (χ0v) is 14.5. The summed E-state index contributed by atoms with van der Waals surface area (Å²) < 4.78 is 23.7. The van der Waals surface area contributed by atoms with E-state index in [4.69, 9.17) is 9.47 Å². The first kappa shape index (κ1) is 17.0. The van der Waals surface area contributed by atoms with Gasteiger partial charge in [0.15, 0.2) is 12.1 Å². The van der Waals surface area contributed by atoms with Gasteiger partial charge in [0.25, 0.3) is 11.8 Å². The number of rotatable bonds is 4. The quantitative estimate of drug-likeness (QED) is 0.772. The maximum atomic E-state index is 13.2. The van der Waals surface area contributed by atoms with Gasteiger partial charge in [-0.3, -0.25) is 9.59 Å². The Morgan fingerprint density at radius 3 is 2.15 bits per heavy atom. The zero-order valence-electron chi connectivity index (χ0n) is 14.5. The van der Waals surface area contributed by atoms with Gasteiger partial charge in [-0.2, -0.15) is 5.11 Å². The van der Waals surface area contributed by atoms with E-state index < -0.39 is 29.7 Å². The van der Waals surface area contributed by atoms with E-state index in [1.54, 1.807) is 18.2 Å². The molecule has 8 nitrogen and oxygen atoms in total. The minimum atomic E-state index is -0.959. The molecule has 2 atom stereocenters. The summed E-state index contributed by atoms with van der Waals surface area (Å²) in [5, 5.41) is 9.35. The molecule has 0 unspecified atom stereocenters. The molecular weight excluding hydrogens is 355 g/mol. The highest BCUT2D eigenvalue weighted by atomic mass is 19.1. The maximum Gasteiger partial charge on any atom is 0.263 e. The summed E-state index contributed by atoms with van der Waals surface area (Å²) in [4.78, 5) is 26.7. The van der Waals surface area contributed by atoms with Crippen molar-refractivity contribution in [2.24, 2.45) is 10.3 Å². The molecule has 2 amide bonds. The predicted octanol–water partition coefficient (Wildman–Crippen LogP) is 2.34. The van der Waals surface area contributed by atoms with Crippen molar-refractivity contribution in [1.82, 2.24) is 0 Å². The molecule has 1 fully saturated rings. The number of anilines is 2. The molecule has 27 heavy (non-hydrogen) atoms. The van der Waals surface area contributed by atoms with Crippen LogP contribution in [-0.2, 0) is 9.59 Å². The average Bonchev–Trinajstić information content (AvgIpc) is 3.23. The molecule has 2 heterocycles. The van der Waals surface area contributed by atoms with Crippen molar-refractivity contribution >= 4 is 23.2 Å². The maximum absolute atomic E-state index is 13.2. The van der Waals surface area contributed by atoms with Crippen LogP contribution in [-0.4, -0.2) is 38.1 Å². The number of carbonyl (C=O) groups excluding carboxylic acids is 2. The lowest BCUT2D eigenvalue weighted by atomic mass is 10.1. The van der Waals surface area contributed by atoms with Crippen LogP contribution in [0.2, 0.25) is 0 Å². The second-order valence-corrected chi connectivity index (χ2v) is 6.00. The number of ether oxygens (including phenoxy) is 2. The van der Waals surface area contributed by atoms with Gasteiger partial charge in [-0.05, 0) is 24.3 Å². The second-order valence-electron chi connectivity index (χ2n) is 6.00. The lowest BCUT2D eigenvalue weighted by Crippen LogP contribution is -2.39. The largest absolute Gasteiger partial charge is 0.497 e. The standard InChI is InChI=1S/C18H15FN4O4/c1-26-13-7-12(8-14(9-13)27-2)23-16-15(20-21-23)17(24)22(18(16)25)11-5-3-10(19)4-6-11/h3-9,15-16H,1-2H3/t15-,16-/m1/s1. The van der Waals surface area contributed by atoms with Gasteiger partial charge in [0, 0.05) is 18.2 Å². The van der Waals surface area contributed by atoms with Gasteiger partial charge >= 0.3 is 0 Å². The minimum absolute atomic E-state index is 0.291. The van der Waals surface area contributed by atoms with E-state index in [0.717, 1.165) is 4.90 Å². The fourth-order valence-electron chi connectivity index (χ4n) is 3.14. The normalized spacial score (nSPS) is 21.0. The van der Waals surface area contributed by atoms with Crippen LogP contribution in [0.25, 0.3) is 0 Å². The third-order valence-electron chi connectivity index (χ3n) is 4.47. The van der Waals surface area contributed by atoms with Crippen molar-refractivity contribution in [2.45, 2.75) is 12.1 Å². The lowest BCUT2D eigenvalue weighted by Gasteiger charge is -2.21. The van der Waals surface area contributed by atoms with Crippen LogP contribution in [0, 0.1) is 5.82 Å². The van der Waals surface area contributed by atoms with Crippen molar-refractivity contribution < 1.29 is 23.5 Å². The topological polar surface area (TPSA) is 83.8 Å². The molecular formula is C18H15FN4O4. The summed E-state index contributed by atoms with van der Waals surface area (Å²) in [7, 11) is 3.01. The van der Waals surface area contributed by atoms with Gasteiger partial charge in [-0.15, -0.1) is 0 Å². The van der Waals surface area contributed by atoms with Crippen molar-refractivity contribution in [1.29, 1.82) is 0 Å². The molecule has 9 heteroatoms. The van der Waals surface area contributed by atoms with Crippen LogP contribution >= 0.6 is 0 Å². The third-order valence-corrected chi connectivity index (χ3v) is 4.47. The van der Waals surface area contributed by atoms with Crippen LogP contribution in [0.4, 0.5) is 15.8 Å². The molecule has 2 aromatic rings. The van der Waals surface area contributed by atoms with Gasteiger partial charge in [0.05, 0.1) is 25.6 Å². The highest BCUT2D eigenvalue weighted by Crippen LogP contribution is 2.37. The van der Waals surface area contributed by atoms with E-state index in [1.807, 2.05) is 0 Å². The first-order valence-corrected chi connectivity index (χ1v) is 8.10. The number of amides is 2. The molecule has 4 rings (SSSR count). The number of halogens is 1. The molecule has 0 spiro atoms. The monoisotopic (exact) mass is 370 g/mol. The number of nitrogens with zero attached hydrogens (tertiary/aromatic N) is 4. The number of carbonyl (C=O) groups is 2. The van der Waals surface area contributed by atoms with Crippen LogP contribution in [0.3, 0.4) is 0 Å². The Balaban J connectivity index is 1.70. The first-order valence-electron chi connectivity index (χ1n) is 8.10. The number of benzene rings is 2. The summed E-state index contributed by atoms with van der Waals surface area (Å²) in [5.41, 5.74) is 0.795. The van der Waals surface area contributed by atoms with Gasteiger partial charge in [-0.25, -0.2) is 14.3 Å². The summed E-state index contributed by atoms with van der Waals surface area (Å²) in [6, 6.07) is 8.28. The number of hydrogen-bond acceptors (Lipinski definition) is 7. The number of hydrogen-bond donors (Lipinski definition) is 0. The number of imide groups is 1. The van der Waals surface area contributed by atoms with E-state index in [2.05, 4.69) is 10.3 Å². The zero-order chi connectivity index (χ0) is 19.1. The molecule has 2 aliphatic heterocycles. The summed E-state index contributed by atoms with van der Waals surface area (Å²) in [6.07, 6.45) is 0. The summed E-state index contributed by atoms with van der Waals surface area (Å²) in [5.74, 6) is -0.422. The van der Waals surface area contributed by atoms with Gasteiger partial charge in [-0.1, -0.05) is 5.22 Å². The van der Waals surface area contributed by atoms with Crippen molar-refractivity contribution in [2.75, 3.05) is 24.1 Å². The van der Waals surface area contributed by atoms with Crippen LogP contribution < -0.4 is 19.4 Å². The molecule has 0 radical (unpaired) electrons. The molecule has 0 aromatic heterocycles. The fraction of sp³-hybridized carbons (Fsp3) is 0.222. The van der Waals surface area contributed by atoms with Crippen molar-refractivity contribution in [3.8, 4) is 11.5 Å². The highest BCUT2D eigenvalue weighted by molar-refractivity contribution is 6.26. The Morgan fingerprint density at radius 1 is 0.926 bits per heavy atom. The van der Waals surface area contributed by atoms with E-state index >= 15 is 0 Å². The van der Waals surface area contributed by atoms with E-state index in [1.165, 1.54) is 43.5 Å². The Bertz CT molecular complexity index is 925. The van der Waals surface area contributed by atoms with Crippen LogP contribution in [0.5, 0.6) is 11.5 Å². The van der Waals surface area contributed by atoms with E-state index in [9.17, 15) is 14.0 Å². The smallest absolute Gasteiger partial charge is 0.263 e. The Morgan fingerprint density at radius 2 is 1.56 bits per heavy atom. The summed E-state index contributed by atoms with van der Waals surface area (Å²) >= 11 is 0. The number of methoxy groups -OCH3 is 2. The van der Waals surface area contributed by atoms with Gasteiger partial charge in [0.1, 0.15) is 17.3 Å². The molecule has 138 valence electrons. The van der Waals surface area contributed by atoms with Gasteiger partial charge in [0.2, 0.25) is 0 Å². The Kier molecular flexibility index (Phi) is 3.98. The van der Waals surface area contributed by atoms with Crippen LogP contribution in [0.1, 0.15) is 0 Å². The Labute approximate surface area is 153 Å². The average molecular weight is 370 g/mol. The summed E-state index contributed by atoms with van der Waals surface area (Å²) in [6.45, 7) is 0. The third kappa shape index (κ3) is 2.67. The van der Waals surface area contributed by atoms with Crippen molar-refractivity contribution in [3.63, 3.8) is 0 Å². The molecule has 0 aliphatic carbocycles. The molecule has 0 N–H and O–H groups in total. The second kappa shape index (κ2) is 6.35. The lowest BCUT2D eigenvalue weighted by molar-refractivity contribution is -0.121. The number of fused-ring (bicyclic) bond motifs is 1. The molecule has 0 bridgehead atoms. The minimum Gasteiger partial charge on any atom is -0.497 e. The molecule has 2 aliphatic rings. The highest BCUT2D eigenvalue weighted by Gasteiger charge is 2.55.